The molecule has 0 saturated carbocycles. The summed E-state index contributed by atoms with van der Waals surface area (Å²) in [6.07, 6.45) is 1.85. The van der Waals surface area contributed by atoms with Crippen LogP contribution in [0.3, 0.4) is 0 Å². The van der Waals surface area contributed by atoms with E-state index in [1.807, 2.05) is 18.2 Å². The van der Waals surface area contributed by atoms with E-state index in [0.29, 0.717) is 5.75 Å². The second-order valence-electron chi connectivity index (χ2n) is 8.60. The van der Waals surface area contributed by atoms with Crippen LogP contribution >= 0.6 is 0 Å². The molecular formula is C20H35N3O2+2. The van der Waals surface area contributed by atoms with E-state index < -0.39 is 0 Å². The highest BCUT2D eigenvalue weighted by atomic mass is 16.3. The first-order chi connectivity index (χ1) is 11.8. The van der Waals surface area contributed by atoms with Crippen molar-refractivity contribution in [3.05, 3.63) is 29.8 Å². The topological polar surface area (TPSA) is 58.2 Å². The summed E-state index contributed by atoms with van der Waals surface area (Å²) in [4.78, 5) is 15.3. The van der Waals surface area contributed by atoms with Crippen LogP contribution < -0.4 is 15.1 Å². The third-order valence-corrected chi connectivity index (χ3v) is 5.07. The molecule has 0 aliphatic carbocycles. The Morgan fingerprint density at radius 2 is 1.92 bits per heavy atom. The molecule has 1 aromatic carbocycles. The van der Waals surface area contributed by atoms with Crippen molar-refractivity contribution in [3.8, 4) is 5.75 Å². The Bertz CT molecular complexity index is 564. The van der Waals surface area contributed by atoms with E-state index >= 15 is 0 Å². The summed E-state index contributed by atoms with van der Waals surface area (Å²) in [5.41, 5.74) is 1.11. The number of carbonyl (C=O) groups is 1. The lowest BCUT2D eigenvalue weighted by molar-refractivity contribution is -0.919. The summed E-state index contributed by atoms with van der Waals surface area (Å²) < 4.78 is 0. The molecule has 5 nitrogen and oxygen atoms in total. The number of nitrogens with one attached hydrogen (secondary N) is 3. The number of piperidine rings is 1. The number of rotatable bonds is 7. The van der Waals surface area contributed by atoms with Crippen LogP contribution in [-0.4, -0.2) is 51.3 Å². The van der Waals surface area contributed by atoms with Gasteiger partial charge >= 0.3 is 0 Å². The van der Waals surface area contributed by atoms with Crippen LogP contribution in [0.5, 0.6) is 5.75 Å². The zero-order valence-electron chi connectivity index (χ0n) is 16.2. The number of amides is 1. The number of aromatic hydroxyl groups is 1. The highest BCUT2D eigenvalue weighted by Gasteiger charge is 2.29. The third kappa shape index (κ3) is 6.33. The fourth-order valence-corrected chi connectivity index (χ4v) is 3.89. The van der Waals surface area contributed by atoms with Gasteiger partial charge in [0, 0.05) is 36.3 Å². The van der Waals surface area contributed by atoms with Crippen LogP contribution in [-0.2, 0) is 11.3 Å². The molecular weight excluding hydrogens is 314 g/mol. The van der Waals surface area contributed by atoms with E-state index in [4.69, 9.17) is 0 Å². The van der Waals surface area contributed by atoms with Gasteiger partial charge < -0.3 is 20.2 Å². The minimum atomic E-state index is 0.116. The lowest BCUT2D eigenvalue weighted by Crippen LogP contribution is -3.11. The molecule has 5 heteroatoms. The number of phenols is 1. The predicted octanol–water partition coefficient (Wildman–Crippen LogP) is -0.526. The molecule has 4 N–H and O–H groups in total. The van der Waals surface area contributed by atoms with Crippen molar-refractivity contribution in [1.82, 2.24) is 5.32 Å². The third-order valence-electron chi connectivity index (χ3n) is 5.07. The summed E-state index contributed by atoms with van der Waals surface area (Å²) >= 11 is 0. The second kappa shape index (κ2) is 8.68. The normalized spacial score (nSPS) is 21.3. The molecule has 0 atom stereocenters. The van der Waals surface area contributed by atoms with Gasteiger partial charge in [0.05, 0.1) is 33.7 Å². The number of hydrogen-bond donors (Lipinski definition) is 4. The number of quaternary nitrogens is 2. The molecule has 1 aliphatic heterocycles. The minimum absolute atomic E-state index is 0.116. The Morgan fingerprint density at radius 1 is 1.28 bits per heavy atom. The number of likely N-dealkylation sites (tertiary alicyclic amines) is 1. The molecule has 0 spiro atoms. The van der Waals surface area contributed by atoms with E-state index in [1.165, 1.54) is 9.80 Å². The molecule has 0 bridgehead atoms. The Labute approximate surface area is 152 Å². The van der Waals surface area contributed by atoms with Crippen LogP contribution in [0.4, 0.5) is 0 Å². The van der Waals surface area contributed by atoms with Crippen molar-refractivity contribution in [2.75, 3.05) is 40.3 Å². The molecule has 1 amide bonds. The van der Waals surface area contributed by atoms with E-state index in [0.717, 1.165) is 51.1 Å². The monoisotopic (exact) mass is 349 g/mol. The van der Waals surface area contributed by atoms with Gasteiger partial charge in [-0.3, -0.25) is 4.79 Å². The lowest BCUT2D eigenvalue weighted by atomic mass is 9.91. The molecule has 1 fully saturated rings. The van der Waals surface area contributed by atoms with E-state index in [-0.39, 0.29) is 17.2 Å². The molecule has 1 saturated heterocycles. The summed E-state index contributed by atoms with van der Waals surface area (Å²) in [6.45, 7) is 8.99. The van der Waals surface area contributed by atoms with Gasteiger partial charge in [0.15, 0.2) is 0 Å². The van der Waals surface area contributed by atoms with Gasteiger partial charge in [0.2, 0.25) is 5.91 Å². The molecule has 1 aliphatic rings. The maximum atomic E-state index is 12.5. The van der Waals surface area contributed by atoms with Crippen molar-refractivity contribution in [3.63, 3.8) is 0 Å². The van der Waals surface area contributed by atoms with Crippen molar-refractivity contribution < 1.29 is 19.7 Å². The van der Waals surface area contributed by atoms with E-state index in [2.05, 4.69) is 33.3 Å². The molecule has 0 aromatic heterocycles. The van der Waals surface area contributed by atoms with Gasteiger partial charge in [-0.05, 0) is 12.1 Å². The Kier molecular flexibility index (Phi) is 6.85. The largest absolute Gasteiger partial charge is 0.507 e. The molecule has 0 unspecified atom stereocenters. The molecule has 1 aromatic rings. The number of carbonyl (C=O) groups excluding carboxylic acids is 1. The van der Waals surface area contributed by atoms with Crippen LogP contribution in [0.1, 0.15) is 32.3 Å². The first-order valence-corrected chi connectivity index (χ1v) is 9.44. The molecule has 1 heterocycles. The van der Waals surface area contributed by atoms with E-state index in [1.54, 1.807) is 6.07 Å². The van der Waals surface area contributed by atoms with Crippen molar-refractivity contribution in [2.24, 2.45) is 11.3 Å². The van der Waals surface area contributed by atoms with Gasteiger partial charge in [0.1, 0.15) is 12.3 Å². The fourth-order valence-electron chi connectivity index (χ4n) is 3.89. The first-order valence-electron chi connectivity index (χ1n) is 9.44. The average Bonchev–Trinajstić information content (AvgIpc) is 2.54. The SMILES string of the molecule is C[NH+](C)CC(C)(C)CNC(=O)C1CC[NH+](Cc2ccccc2O)CC1. The van der Waals surface area contributed by atoms with Crippen molar-refractivity contribution in [2.45, 2.75) is 33.2 Å². The highest BCUT2D eigenvalue weighted by Crippen LogP contribution is 2.16. The van der Waals surface area contributed by atoms with Gasteiger partial charge in [-0.1, -0.05) is 26.0 Å². The Hall–Kier alpha value is -1.59. The number of hydrogen-bond acceptors (Lipinski definition) is 2. The quantitative estimate of drug-likeness (QED) is 0.535. The van der Waals surface area contributed by atoms with Gasteiger partial charge in [0.25, 0.3) is 0 Å². The average molecular weight is 350 g/mol. The maximum Gasteiger partial charge on any atom is 0.223 e. The molecule has 25 heavy (non-hydrogen) atoms. The number of phenolic OH excluding ortho intramolecular Hbond substituents is 1. The number of para-hydroxylation sites is 1. The predicted molar refractivity (Wildman–Crippen MR) is 99.7 cm³/mol. The minimum Gasteiger partial charge on any atom is -0.507 e. The number of benzene rings is 1. The lowest BCUT2D eigenvalue weighted by Gasteiger charge is -2.30. The van der Waals surface area contributed by atoms with Crippen molar-refractivity contribution >= 4 is 5.91 Å². The zero-order valence-corrected chi connectivity index (χ0v) is 16.2. The smallest absolute Gasteiger partial charge is 0.223 e. The maximum absolute atomic E-state index is 12.5. The van der Waals surface area contributed by atoms with Crippen LogP contribution in [0.2, 0.25) is 0 Å². The first kappa shape index (κ1) is 19.7. The highest BCUT2D eigenvalue weighted by molar-refractivity contribution is 5.78. The Morgan fingerprint density at radius 3 is 2.52 bits per heavy atom. The standard InChI is InChI=1S/C20H33N3O2/c1-20(2,15-22(3)4)14-21-19(25)16-9-11-23(12-10-16)13-17-7-5-6-8-18(17)24/h5-8,16,24H,9-15H2,1-4H3,(H,21,25)/p+2. The van der Waals surface area contributed by atoms with Gasteiger partial charge in [-0.15, -0.1) is 0 Å². The summed E-state index contributed by atoms with van der Waals surface area (Å²) in [7, 11) is 4.29. The van der Waals surface area contributed by atoms with Crippen molar-refractivity contribution in [1.29, 1.82) is 0 Å². The summed E-state index contributed by atoms with van der Waals surface area (Å²) in [6, 6.07) is 7.54. The summed E-state index contributed by atoms with van der Waals surface area (Å²) in [5, 5.41) is 13.1. The van der Waals surface area contributed by atoms with Gasteiger partial charge in [-0.2, -0.15) is 0 Å². The van der Waals surface area contributed by atoms with Crippen LogP contribution in [0, 0.1) is 11.3 Å². The summed E-state index contributed by atoms with van der Waals surface area (Å²) in [5.74, 6) is 0.721. The molecule has 140 valence electrons. The van der Waals surface area contributed by atoms with Crippen LogP contribution in [0.25, 0.3) is 0 Å². The van der Waals surface area contributed by atoms with Crippen LogP contribution in [0.15, 0.2) is 24.3 Å². The molecule has 0 radical (unpaired) electrons. The Balaban J connectivity index is 1.76. The molecule has 2 rings (SSSR count). The second-order valence-corrected chi connectivity index (χ2v) is 8.60. The zero-order chi connectivity index (χ0) is 18.4. The van der Waals surface area contributed by atoms with E-state index in [9.17, 15) is 9.90 Å². The van der Waals surface area contributed by atoms with Gasteiger partial charge in [-0.25, -0.2) is 0 Å². The fraction of sp³-hybridized carbons (Fsp3) is 0.650.